The van der Waals surface area contributed by atoms with Gasteiger partial charge in [-0.05, 0) is 49.2 Å². The minimum Gasteiger partial charge on any atom is -0.449 e. The van der Waals surface area contributed by atoms with Crippen LogP contribution in [0.3, 0.4) is 0 Å². The molecule has 8 nitrogen and oxygen atoms in total. The van der Waals surface area contributed by atoms with E-state index in [1.807, 2.05) is 30.6 Å². The number of nitrogens with one attached hydrogen (secondary N) is 2. The van der Waals surface area contributed by atoms with Gasteiger partial charge in [0.25, 0.3) is 0 Å². The molecule has 0 amide bonds. The van der Waals surface area contributed by atoms with E-state index < -0.39 is 0 Å². The van der Waals surface area contributed by atoms with Gasteiger partial charge in [-0.25, -0.2) is 9.97 Å². The number of benzene rings is 1. The summed E-state index contributed by atoms with van der Waals surface area (Å²) in [7, 11) is 2.15. The fraction of sp³-hybridized carbons (Fsp3) is 0.280. The lowest BCUT2D eigenvalue weighted by Crippen LogP contribution is -2.44. The Morgan fingerprint density at radius 2 is 1.82 bits per heavy atom. The van der Waals surface area contributed by atoms with Gasteiger partial charge in [0.2, 0.25) is 0 Å². The number of hydrogen-bond donors (Lipinski definition) is 2. The second kappa shape index (κ2) is 7.97. The number of piperazine rings is 1. The van der Waals surface area contributed by atoms with Gasteiger partial charge in [-0.15, -0.1) is 0 Å². The predicted octanol–water partition coefficient (Wildman–Crippen LogP) is 4.09. The van der Waals surface area contributed by atoms with E-state index in [2.05, 4.69) is 43.2 Å². The molecule has 0 unspecified atom stereocenters. The molecular weight excluding hydrogens is 414 g/mol. The van der Waals surface area contributed by atoms with Crippen LogP contribution in [0.4, 0.5) is 17.1 Å². The number of fused-ring (bicyclic) bond motifs is 2. The molecule has 1 aliphatic carbocycles. The SMILES string of the molecule is CN1CCN(c2cnc(-c3oc4cnccc4c3Nc3ccc4c(c3)CCC4=N)nc2)CC1. The van der Waals surface area contributed by atoms with Crippen LogP contribution in [-0.2, 0) is 6.42 Å². The first-order chi connectivity index (χ1) is 16.2. The summed E-state index contributed by atoms with van der Waals surface area (Å²) in [6.07, 6.45) is 8.94. The molecule has 166 valence electrons. The fourth-order valence-corrected chi connectivity index (χ4v) is 4.61. The smallest absolute Gasteiger partial charge is 0.198 e. The zero-order chi connectivity index (χ0) is 22.4. The third-order valence-electron chi connectivity index (χ3n) is 6.55. The molecule has 6 rings (SSSR count). The lowest BCUT2D eigenvalue weighted by molar-refractivity contribution is 0.312. The molecule has 0 radical (unpaired) electrons. The molecule has 8 heteroatoms. The summed E-state index contributed by atoms with van der Waals surface area (Å²) in [4.78, 5) is 18.2. The summed E-state index contributed by atoms with van der Waals surface area (Å²) in [5.74, 6) is 1.13. The number of rotatable bonds is 4. The van der Waals surface area contributed by atoms with Gasteiger partial charge < -0.3 is 24.9 Å². The van der Waals surface area contributed by atoms with Crippen LogP contribution >= 0.6 is 0 Å². The minimum absolute atomic E-state index is 0.537. The van der Waals surface area contributed by atoms with Crippen LogP contribution in [0.2, 0.25) is 0 Å². The van der Waals surface area contributed by atoms with Gasteiger partial charge in [0, 0.05) is 49.2 Å². The molecular formula is C25H25N7O. The van der Waals surface area contributed by atoms with Crippen LogP contribution < -0.4 is 10.2 Å². The molecule has 1 aromatic carbocycles. The number of furan rings is 1. The fourth-order valence-electron chi connectivity index (χ4n) is 4.61. The van der Waals surface area contributed by atoms with Gasteiger partial charge in [0.1, 0.15) is 0 Å². The highest BCUT2D eigenvalue weighted by atomic mass is 16.3. The average molecular weight is 440 g/mol. The summed E-state index contributed by atoms with van der Waals surface area (Å²) in [5, 5.41) is 12.6. The van der Waals surface area contributed by atoms with Crippen molar-refractivity contribution >= 4 is 33.7 Å². The van der Waals surface area contributed by atoms with Crippen molar-refractivity contribution in [3.63, 3.8) is 0 Å². The van der Waals surface area contributed by atoms with Crippen LogP contribution in [0.1, 0.15) is 17.5 Å². The normalized spacial score (nSPS) is 16.4. The van der Waals surface area contributed by atoms with Crippen molar-refractivity contribution in [2.24, 2.45) is 0 Å². The van der Waals surface area contributed by atoms with Crippen LogP contribution in [-0.4, -0.2) is 58.8 Å². The van der Waals surface area contributed by atoms with Crippen molar-refractivity contribution in [2.45, 2.75) is 12.8 Å². The van der Waals surface area contributed by atoms with Crippen LogP contribution in [0.5, 0.6) is 0 Å². The molecule has 2 aliphatic rings. The van der Waals surface area contributed by atoms with E-state index in [1.165, 1.54) is 5.56 Å². The van der Waals surface area contributed by atoms with E-state index in [4.69, 9.17) is 9.83 Å². The lowest BCUT2D eigenvalue weighted by Gasteiger charge is -2.33. The van der Waals surface area contributed by atoms with Crippen molar-refractivity contribution in [1.82, 2.24) is 19.9 Å². The Bertz CT molecular complexity index is 1340. The van der Waals surface area contributed by atoms with Crippen molar-refractivity contribution < 1.29 is 4.42 Å². The van der Waals surface area contributed by atoms with Gasteiger partial charge in [0.05, 0.1) is 30.0 Å². The van der Waals surface area contributed by atoms with Gasteiger partial charge in [-0.2, -0.15) is 0 Å². The minimum atomic E-state index is 0.537. The number of hydrogen-bond acceptors (Lipinski definition) is 8. The largest absolute Gasteiger partial charge is 0.449 e. The molecule has 1 aliphatic heterocycles. The van der Waals surface area contributed by atoms with E-state index in [1.54, 1.807) is 12.4 Å². The molecule has 0 saturated carbocycles. The van der Waals surface area contributed by atoms with E-state index in [0.29, 0.717) is 22.9 Å². The second-order valence-electron chi connectivity index (χ2n) is 8.71. The third-order valence-corrected chi connectivity index (χ3v) is 6.55. The van der Waals surface area contributed by atoms with Crippen LogP contribution in [0.15, 0.2) is 53.5 Å². The molecule has 1 fully saturated rings. The Hall–Kier alpha value is -3.78. The summed E-state index contributed by atoms with van der Waals surface area (Å²) in [6, 6.07) is 8.10. The summed E-state index contributed by atoms with van der Waals surface area (Å²) in [5.41, 5.74) is 6.46. The van der Waals surface area contributed by atoms with E-state index >= 15 is 0 Å². The highest BCUT2D eigenvalue weighted by Crippen LogP contribution is 2.39. The number of aromatic nitrogens is 3. The maximum absolute atomic E-state index is 8.09. The number of aryl methyl sites for hydroxylation is 1. The van der Waals surface area contributed by atoms with Crippen molar-refractivity contribution in [2.75, 3.05) is 43.4 Å². The molecule has 33 heavy (non-hydrogen) atoms. The van der Waals surface area contributed by atoms with E-state index in [-0.39, 0.29) is 0 Å². The number of pyridine rings is 1. The zero-order valence-corrected chi connectivity index (χ0v) is 18.5. The Balaban J connectivity index is 1.35. The Morgan fingerprint density at radius 1 is 1.00 bits per heavy atom. The lowest BCUT2D eigenvalue weighted by atomic mass is 10.1. The maximum Gasteiger partial charge on any atom is 0.198 e. The summed E-state index contributed by atoms with van der Waals surface area (Å²) >= 11 is 0. The van der Waals surface area contributed by atoms with Gasteiger partial charge in [0.15, 0.2) is 17.2 Å². The van der Waals surface area contributed by atoms with Crippen LogP contribution in [0.25, 0.3) is 22.6 Å². The highest BCUT2D eigenvalue weighted by molar-refractivity contribution is 6.03. The number of anilines is 3. The van der Waals surface area contributed by atoms with Gasteiger partial charge in [-0.1, -0.05) is 6.07 Å². The van der Waals surface area contributed by atoms with Gasteiger partial charge in [-0.3, -0.25) is 4.98 Å². The third kappa shape index (κ3) is 3.62. The first-order valence-corrected chi connectivity index (χ1v) is 11.3. The standard InChI is InChI=1S/C25H25N7O/c1-31-8-10-32(11-9-31)18-13-28-25(29-14-18)24-23(20-6-7-27-15-22(20)33-24)30-17-3-4-19-16(12-17)2-5-21(19)26/h3-4,6-7,12-15,26,30H,2,5,8-11H2,1H3. The number of likely N-dealkylation sites (N-methyl/N-ethyl adjacent to an activating group) is 1. The van der Waals surface area contributed by atoms with Crippen molar-refractivity contribution in [1.29, 1.82) is 5.41 Å². The zero-order valence-electron chi connectivity index (χ0n) is 18.5. The van der Waals surface area contributed by atoms with E-state index in [9.17, 15) is 0 Å². The molecule has 0 bridgehead atoms. The molecule has 4 heterocycles. The Morgan fingerprint density at radius 3 is 2.64 bits per heavy atom. The Kier molecular flexibility index (Phi) is 4.80. The monoisotopic (exact) mass is 439 g/mol. The van der Waals surface area contributed by atoms with E-state index in [0.717, 1.165) is 67.0 Å². The molecule has 2 N–H and O–H groups in total. The molecule has 0 spiro atoms. The molecule has 1 saturated heterocycles. The average Bonchev–Trinajstić information content (AvgIpc) is 3.40. The van der Waals surface area contributed by atoms with Gasteiger partial charge >= 0.3 is 0 Å². The topological polar surface area (TPSA) is 94.2 Å². The first-order valence-electron chi connectivity index (χ1n) is 11.3. The second-order valence-corrected chi connectivity index (χ2v) is 8.71. The molecule has 3 aromatic heterocycles. The summed E-state index contributed by atoms with van der Waals surface area (Å²) < 4.78 is 6.16. The quantitative estimate of drug-likeness (QED) is 0.494. The Labute approximate surface area is 191 Å². The molecule has 4 aromatic rings. The highest BCUT2D eigenvalue weighted by Gasteiger charge is 2.21. The first kappa shape index (κ1) is 19.9. The number of nitrogens with zero attached hydrogens (tertiary/aromatic N) is 5. The van der Waals surface area contributed by atoms with Crippen LogP contribution in [0, 0.1) is 5.41 Å². The van der Waals surface area contributed by atoms with Crippen molar-refractivity contribution in [3.05, 3.63) is 60.2 Å². The summed E-state index contributed by atoms with van der Waals surface area (Å²) in [6.45, 7) is 4.01. The molecule has 0 atom stereocenters. The predicted molar refractivity (Wildman–Crippen MR) is 130 cm³/mol. The maximum atomic E-state index is 8.09. The van der Waals surface area contributed by atoms with Crippen molar-refractivity contribution in [3.8, 4) is 11.6 Å².